The second-order valence-corrected chi connectivity index (χ2v) is 13.1. The highest BCUT2D eigenvalue weighted by Crippen LogP contribution is 2.46. The standard InChI is InChI=1S/C29H52NO5P/c1-23(2)10-6-11-24(3)12-7-13-25(4)14-8-18-29(5)19-17-26-22-27(15-16-28(26)34-29)35-36(31,32)33-21-9-20-30/h15-16,22-25H,6-14,17-21,30H2,1-5H3,(H,31,32). The number of ether oxygens (including phenoxy) is 1. The van der Waals surface area contributed by atoms with Gasteiger partial charge >= 0.3 is 7.82 Å². The van der Waals surface area contributed by atoms with Crippen LogP contribution in [0.5, 0.6) is 11.5 Å². The zero-order valence-electron chi connectivity index (χ0n) is 23.5. The van der Waals surface area contributed by atoms with Crippen molar-refractivity contribution in [2.24, 2.45) is 23.5 Å². The van der Waals surface area contributed by atoms with Gasteiger partial charge in [-0.1, -0.05) is 72.6 Å². The molecule has 1 aliphatic rings. The average Bonchev–Trinajstić information content (AvgIpc) is 2.79. The van der Waals surface area contributed by atoms with Gasteiger partial charge in [0.05, 0.1) is 6.61 Å². The Bertz CT molecular complexity index is 817. The van der Waals surface area contributed by atoms with Crippen LogP contribution in [0.4, 0.5) is 0 Å². The van der Waals surface area contributed by atoms with E-state index in [1.165, 1.54) is 51.4 Å². The first-order valence-electron chi connectivity index (χ1n) is 14.2. The topological polar surface area (TPSA) is 91.0 Å². The number of nitrogens with two attached hydrogens (primary N) is 1. The number of phosphoric acid groups is 1. The molecular formula is C29H52NO5P. The van der Waals surface area contributed by atoms with Crippen molar-refractivity contribution in [3.63, 3.8) is 0 Å². The van der Waals surface area contributed by atoms with Crippen LogP contribution in [0, 0.1) is 17.8 Å². The maximum Gasteiger partial charge on any atom is 0.527 e. The predicted molar refractivity (Wildman–Crippen MR) is 149 cm³/mol. The molecule has 0 aromatic heterocycles. The van der Waals surface area contributed by atoms with Crippen LogP contribution >= 0.6 is 7.82 Å². The van der Waals surface area contributed by atoms with E-state index in [2.05, 4.69) is 34.6 Å². The van der Waals surface area contributed by atoms with Crippen molar-refractivity contribution < 1.29 is 23.2 Å². The van der Waals surface area contributed by atoms with Crippen molar-refractivity contribution in [3.05, 3.63) is 23.8 Å². The smallest absolute Gasteiger partial charge is 0.487 e. The molecular weight excluding hydrogens is 473 g/mol. The van der Waals surface area contributed by atoms with Gasteiger partial charge < -0.3 is 15.0 Å². The largest absolute Gasteiger partial charge is 0.527 e. The van der Waals surface area contributed by atoms with Gasteiger partial charge in [-0.15, -0.1) is 0 Å². The molecule has 0 saturated carbocycles. The van der Waals surface area contributed by atoms with Crippen LogP contribution < -0.4 is 15.0 Å². The summed E-state index contributed by atoms with van der Waals surface area (Å²) in [6.45, 7) is 12.1. The highest BCUT2D eigenvalue weighted by Gasteiger charge is 2.32. The quantitative estimate of drug-likeness (QED) is 0.149. The average molecular weight is 526 g/mol. The minimum atomic E-state index is -4.15. The van der Waals surface area contributed by atoms with Crippen LogP contribution in [-0.4, -0.2) is 23.6 Å². The summed E-state index contributed by atoms with van der Waals surface area (Å²) in [4.78, 5) is 9.90. The molecule has 0 fully saturated rings. The van der Waals surface area contributed by atoms with Crippen molar-refractivity contribution in [2.45, 2.75) is 117 Å². The zero-order chi connectivity index (χ0) is 26.6. The lowest BCUT2D eigenvalue weighted by Crippen LogP contribution is -2.36. The van der Waals surface area contributed by atoms with E-state index < -0.39 is 7.82 Å². The second kappa shape index (κ2) is 15.4. The minimum absolute atomic E-state index is 0.0901. The van der Waals surface area contributed by atoms with E-state index in [1.807, 2.05) is 6.07 Å². The van der Waals surface area contributed by atoms with Crippen LogP contribution in [0.25, 0.3) is 0 Å². The van der Waals surface area contributed by atoms with Crippen LogP contribution in [0.1, 0.15) is 111 Å². The van der Waals surface area contributed by atoms with Crippen molar-refractivity contribution in [1.82, 2.24) is 0 Å². The second-order valence-electron chi connectivity index (χ2n) is 11.7. The lowest BCUT2D eigenvalue weighted by molar-refractivity contribution is 0.0523. The first kappa shape index (κ1) is 31.1. The van der Waals surface area contributed by atoms with Gasteiger partial charge in [0, 0.05) is 0 Å². The Morgan fingerprint density at radius 3 is 2.31 bits per heavy atom. The zero-order valence-corrected chi connectivity index (χ0v) is 24.4. The maximum absolute atomic E-state index is 12.1. The van der Waals surface area contributed by atoms with Crippen molar-refractivity contribution >= 4 is 7.82 Å². The predicted octanol–water partition coefficient (Wildman–Crippen LogP) is 8.05. The van der Waals surface area contributed by atoms with E-state index in [4.69, 9.17) is 19.5 Å². The normalized spacial score (nSPS) is 20.9. The fourth-order valence-electron chi connectivity index (χ4n) is 5.02. The molecule has 3 N–H and O–H groups in total. The third kappa shape index (κ3) is 12.0. The lowest BCUT2D eigenvalue weighted by Gasteiger charge is -2.36. The summed E-state index contributed by atoms with van der Waals surface area (Å²) in [7, 11) is -4.15. The fraction of sp³-hybridized carbons (Fsp3) is 0.793. The molecule has 1 aromatic rings. The van der Waals surface area contributed by atoms with E-state index in [0.717, 1.165) is 48.3 Å². The van der Waals surface area contributed by atoms with Crippen LogP contribution in [0.15, 0.2) is 18.2 Å². The summed E-state index contributed by atoms with van der Waals surface area (Å²) in [5.74, 6) is 3.60. The SMILES string of the molecule is CC(C)CCCC(C)CCCC(C)CCCC1(C)CCc2cc(OP(=O)(O)OCCCN)ccc2O1. The molecule has 4 unspecified atom stereocenters. The van der Waals surface area contributed by atoms with Crippen LogP contribution in [-0.2, 0) is 15.5 Å². The number of hydrogen-bond donors (Lipinski definition) is 2. The lowest BCUT2D eigenvalue weighted by atomic mass is 9.86. The summed E-state index contributed by atoms with van der Waals surface area (Å²) in [6, 6.07) is 5.30. The monoisotopic (exact) mass is 525 g/mol. The molecule has 1 heterocycles. The van der Waals surface area contributed by atoms with Crippen LogP contribution in [0.3, 0.4) is 0 Å². The summed E-state index contributed by atoms with van der Waals surface area (Å²) < 4.78 is 28.7. The number of rotatable bonds is 18. The van der Waals surface area contributed by atoms with Crippen LogP contribution in [0.2, 0.25) is 0 Å². The third-order valence-corrected chi connectivity index (χ3v) is 8.36. The number of hydrogen-bond acceptors (Lipinski definition) is 5. The Hall–Kier alpha value is -1.07. The highest BCUT2D eigenvalue weighted by atomic mass is 31.2. The molecule has 208 valence electrons. The molecule has 0 radical (unpaired) electrons. The Labute approximate surface area is 220 Å². The first-order valence-corrected chi connectivity index (χ1v) is 15.7. The number of benzene rings is 1. The molecule has 4 atom stereocenters. The van der Waals surface area contributed by atoms with Crippen molar-refractivity contribution in [1.29, 1.82) is 0 Å². The van der Waals surface area contributed by atoms with Crippen molar-refractivity contribution in [3.8, 4) is 11.5 Å². The fourth-order valence-corrected chi connectivity index (χ4v) is 5.82. The van der Waals surface area contributed by atoms with Crippen molar-refractivity contribution in [2.75, 3.05) is 13.2 Å². The summed E-state index contributed by atoms with van der Waals surface area (Å²) >= 11 is 0. The third-order valence-electron chi connectivity index (χ3n) is 7.41. The number of phosphoric ester groups is 1. The Balaban J connectivity index is 1.71. The molecule has 36 heavy (non-hydrogen) atoms. The molecule has 0 aliphatic carbocycles. The number of aryl methyl sites for hydroxylation is 1. The van der Waals surface area contributed by atoms with Gasteiger partial charge in [-0.2, -0.15) is 0 Å². The van der Waals surface area contributed by atoms with Gasteiger partial charge in [-0.05, 0) is 87.1 Å². The molecule has 0 bridgehead atoms. The molecule has 2 rings (SSSR count). The highest BCUT2D eigenvalue weighted by molar-refractivity contribution is 7.47. The Morgan fingerprint density at radius 1 is 1.03 bits per heavy atom. The van der Waals surface area contributed by atoms with Gasteiger partial charge in [0.25, 0.3) is 0 Å². The Morgan fingerprint density at radius 2 is 1.67 bits per heavy atom. The first-order chi connectivity index (χ1) is 17.0. The molecule has 1 aromatic carbocycles. The number of fused-ring (bicyclic) bond motifs is 1. The molecule has 0 spiro atoms. The summed E-state index contributed by atoms with van der Waals surface area (Å²) in [5.41, 5.74) is 6.23. The van der Waals surface area contributed by atoms with E-state index in [-0.39, 0.29) is 12.2 Å². The minimum Gasteiger partial charge on any atom is -0.487 e. The van der Waals surface area contributed by atoms with E-state index in [1.54, 1.807) is 12.1 Å². The van der Waals surface area contributed by atoms with Gasteiger partial charge in [0.2, 0.25) is 0 Å². The van der Waals surface area contributed by atoms with E-state index in [9.17, 15) is 9.46 Å². The van der Waals surface area contributed by atoms with Gasteiger partial charge in [-0.25, -0.2) is 4.57 Å². The molecule has 6 nitrogen and oxygen atoms in total. The summed E-state index contributed by atoms with van der Waals surface area (Å²) in [6.07, 6.45) is 13.9. The Kier molecular flexibility index (Phi) is 13.3. The van der Waals surface area contributed by atoms with Gasteiger partial charge in [-0.3, -0.25) is 9.42 Å². The van der Waals surface area contributed by atoms with Gasteiger partial charge in [0.1, 0.15) is 17.1 Å². The molecule has 7 heteroatoms. The van der Waals surface area contributed by atoms with E-state index in [0.29, 0.717) is 18.7 Å². The molecule has 0 saturated heterocycles. The van der Waals surface area contributed by atoms with E-state index >= 15 is 0 Å². The summed E-state index contributed by atoms with van der Waals surface area (Å²) in [5, 5.41) is 0. The molecule has 0 amide bonds. The molecule has 1 aliphatic heterocycles. The van der Waals surface area contributed by atoms with Gasteiger partial charge in [0.15, 0.2) is 0 Å². The maximum atomic E-state index is 12.1.